The second-order valence-corrected chi connectivity index (χ2v) is 7.67. The van der Waals surface area contributed by atoms with Crippen molar-refractivity contribution in [3.05, 3.63) is 64.3 Å². The van der Waals surface area contributed by atoms with E-state index in [0.29, 0.717) is 28.8 Å². The number of carbonyl (C=O) groups excluding carboxylic acids is 1. The lowest BCUT2D eigenvalue weighted by atomic mass is 9.95. The molecule has 0 saturated heterocycles. The summed E-state index contributed by atoms with van der Waals surface area (Å²) in [5, 5.41) is 18.1. The van der Waals surface area contributed by atoms with Crippen LogP contribution in [-0.2, 0) is 0 Å². The average molecular weight is 412 g/mol. The first-order chi connectivity index (χ1) is 13.9. The molecule has 1 unspecified atom stereocenters. The van der Waals surface area contributed by atoms with Crippen molar-refractivity contribution in [1.29, 1.82) is 0 Å². The fraction of sp³-hybridized carbons (Fsp3) is 0.273. The summed E-state index contributed by atoms with van der Waals surface area (Å²) in [4.78, 5) is 15.0. The van der Waals surface area contributed by atoms with Crippen LogP contribution >= 0.6 is 11.6 Å². The van der Waals surface area contributed by atoms with Gasteiger partial charge in [-0.1, -0.05) is 29.8 Å². The molecule has 2 heterocycles. The zero-order valence-corrected chi connectivity index (χ0v) is 17.2. The molecule has 1 atom stereocenters. The quantitative estimate of drug-likeness (QED) is 0.632. The standard InChI is InChI=1S/C22H22ClN3O3/c1-4-29-17-11-14(7-10-16(17)27)21-18-19(13-5-8-15(23)9-6-13)24-25-20(18)22(28)26(21)12(2)3/h5-12,21,27H,4H2,1-3H3,(H,24,25). The molecule has 6 nitrogen and oxygen atoms in total. The Morgan fingerprint density at radius 3 is 2.62 bits per heavy atom. The number of halogens is 1. The van der Waals surface area contributed by atoms with Crippen molar-refractivity contribution in [1.82, 2.24) is 15.1 Å². The van der Waals surface area contributed by atoms with Crippen molar-refractivity contribution >= 4 is 17.5 Å². The SMILES string of the molecule is CCOc1cc(C2c3c(-c4ccc(Cl)cc4)n[nH]c3C(=O)N2C(C)C)ccc1O. The van der Waals surface area contributed by atoms with Gasteiger partial charge in [-0.05, 0) is 50.6 Å². The van der Waals surface area contributed by atoms with E-state index in [0.717, 1.165) is 16.7 Å². The van der Waals surface area contributed by atoms with E-state index in [1.54, 1.807) is 24.3 Å². The second kappa shape index (κ2) is 7.44. The topological polar surface area (TPSA) is 78.5 Å². The number of carbonyl (C=O) groups is 1. The number of aromatic nitrogens is 2. The minimum atomic E-state index is -0.346. The Balaban J connectivity index is 1.90. The van der Waals surface area contributed by atoms with Crippen LogP contribution in [0.1, 0.15) is 48.4 Å². The molecule has 150 valence electrons. The molecule has 29 heavy (non-hydrogen) atoms. The average Bonchev–Trinajstić information content (AvgIpc) is 3.24. The van der Waals surface area contributed by atoms with Crippen molar-refractivity contribution in [3.63, 3.8) is 0 Å². The van der Waals surface area contributed by atoms with E-state index in [1.165, 1.54) is 0 Å². The van der Waals surface area contributed by atoms with E-state index >= 15 is 0 Å². The van der Waals surface area contributed by atoms with Gasteiger partial charge in [-0.25, -0.2) is 0 Å². The maximum Gasteiger partial charge on any atom is 0.273 e. The van der Waals surface area contributed by atoms with Gasteiger partial charge in [0.1, 0.15) is 5.69 Å². The fourth-order valence-corrected chi connectivity index (χ4v) is 3.95. The zero-order valence-electron chi connectivity index (χ0n) is 16.4. The number of amides is 1. The molecule has 2 N–H and O–H groups in total. The Labute approximate surface area is 174 Å². The predicted octanol–water partition coefficient (Wildman–Crippen LogP) is 4.79. The van der Waals surface area contributed by atoms with E-state index in [4.69, 9.17) is 16.3 Å². The van der Waals surface area contributed by atoms with Gasteiger partial charge < -0.3 is 14.7 Å². The summed E-state index contributed by atoms with van der Waals surface area (Å²) in [6, 6.07) is 12.2. The number of phenols is 1. The Morgan fingerprint density at radius 1 is 1.24 bits per heavy atom. The largest absolute Gasteiger partial charge is 0.504 e. The van der Waals surface area contributed by atoms with Crippen LogP contribution in [0.5, 0.6) is 11.5 Å². The Kier molecular flexibility index (Phi) is 4.96. The highest BCUT2D eigenvalue weighted by molar-refractivity contribution is 6.30. The Bertz CT molecular complexity index is 1060. The highest BCUT2D eigenvalue weighted by Gasteiger charge is 2.43. The van der Waals surface area contributed by atoms with Crippen molar-refractivity contribution in [2.75, 3.05) is 6.61 Å². The molecule has 3 aromatic rings. The van der Waals surface area contributed by atoms with E-state index in [-0.39, 0.29) is 23.7 Å². The number of rotatable bonds is 5. The van der Waals surface area contributed by atoms with E-state index in [1.807, 2.05) is 43.9 Å². The van der Waals surface area contributed by atoms with Crippen LogP contribution in [0.3, 0.4) is 0 Å². The maximum atomic E-state index is 13.2. The number of phenolic OH excluding ortho intramolecular Hbond substituents is 1. The van der Waals surface area contributed by atoms with Gasteiger partial charge in [-0.3, -0.25) is 9.89 Å². The molecule has 1 aliphatic rings. The second-order valence-electron chi connectivity index (χ2n) is 7.24. The lowest BCUT2D eigenvalue weighted by molar-refractivity contribution is 0.0687. The molecule has 0 saturated carbocycles. The summed E-state index contributed by atoms with van der Waals surface area (Å²) >= 11 is 6.04. The van der Waals surface area contributed by atoms with Gasteiger partial charge in [0.2, 0.25) is 0 Å². The molecule has 0 aliphatic carbocycles. The van der Waals surface area contributed by atoms with Crippen molar-refractivity contribution in [2.24, 2.45) is 0 Å². The van der Waals surface area contributed by atoms with Gasteiger partial charge in [-0.15, -0.1) is 0 Å². The van der Waals surface area contributed by atoms with E-state index in [2.05, 4.69) is 10.2 Å². The minimum Gasteiger partial charge on any atom is -0.504 e. The number of nitrogens with one attached hydrogen (secondary N) is 1. The van der Waals surface area contributed by atoms with Crippen LogP contribution in [0.25, 0.3) is 11.3 Å². The molecule has 0 spiro atoms. The van der Waals surface area contributed by atoms with Crippen LogP contribution in [0.15, 0.2) is 42.5 Å². The number of hydrogen-bond acceptors (Lipinski definition) is 4. The number of aromatic hydroxyl groups is 1. The highest BCUT2D eigenvalue weighted by atomic mass is 35.5. The molecule has 1 aromatic heterocycles. The molecule has 0 bridgehead atoms. The number of hydrogen-bond donors (Lipinski definition) is 2. The van der Waals surface area contributed by atoms with Crippen molar-refractivity contribution in [3.8, 4) is 22.8 Å². The lowest BCUT2D eigenvalue weighted by Gasteiger charge is -2.30. The molecule has 4 rings (SSSR count). The minimum absolute atomic E-state index is 0.0317. The summed E-state index contributed by atoms with van der Waals surface area (Å²) in [6.45, 7) is 6.26. The van der Waals surface area contributed by atoms with Gasteiger partial charge in [0.05, 0.1) is 18.3 Å². The lowest BCUT2D eigenvalue weighted by Crippen LogP contribution is -2.35. The van der Waals surface area contributed by atoms with Crippen LogP contribution in [0, 0.1) is 0 Å². The molecule has 7 heteroatoms. The summed E-state index contributed by atoms with van der Waals surface area (Å²) in [7, 11) is 0. The summed E-state index contributed by atoms with van der Waals surface area (Å²) in [5.74, 6) is 0.367. The van der Waals surface area contributed by atoms with E-state index < -0.39 is 0 Å². The number of benzene rings is 2. The Morgan fingerprint density at radius 2 is 1.97 bits per heavy atom. The number of nitrogens with zero attached hydrogens (tertiary/aromatic N) is 2. The van der Waals surface area contributed by atoms with E-state index in [9.17, 15) is 9.90 Å². The maximum absolute atomic E-state index is 13.2. The third-order valence-corrected chi connectivity index (χ3v) is 5.33. The number of aromatic amines is 1. The smallest absolute Gasteiger partial charge is 0.273 e. The van der Waals surface area contributed by atoms with Crippen LogP contribution in [-0.4, -0.2) is 38.8 Å². The van der Waals surface area contributed by atoms with Crippen LogP contribution in [0.4, 0.5) is 0 Å². The third kappa shape index (κ3) is 3.23. The van der Waals surface area contributed by atoms with Gasteiger partial charge in [0.25, 0.3) is 5.91 Å². The molecule has 1 amide bonds. The predicted molar refractivity (Wildman–Crippen MR) is 111 cm³/mol. The van der Waals surface area contributed by atoms with Crippen LogP contribution in [0.2, 0.25) is 5.02 Å². The van der Waals surface area contributed by atoms with Gasteiger partial charge in [0, 0.05) is 22.2 Å². The molecule has 1 aliphatic heterocycles. The third-order valence-electron chi connectivity index (χ3n) is 5.08. The molecule has 0 fully saturated rings. The zero-order chi connectivity index (χ0) is 20.7. The molecular weight excluding hydrogens is 390 g/mol. The summed E-state index contributed by atoms with van der Waals surface area (Å²) < 4.78 is 5.57. The van der Waals surface area contributed by atoms with Crippen LogP contribution < -0.4 is 4.74 Å². The van der Waals surface area contributed by atoms with Gasteiger partial charge in [-0.2, -0.15) is 5.10 Å². The van der Waals surface area contributed by atoms with Crippen molar-refractivity contribution in [2.45, 2.75) is 32.9 Å². The molecule has 2 aromatic carbocycles. The first-order valence-electron chi connectivity index (χ1n) is 9.55. The normalized spacial score (nSPS) is 15.8. The van der Waals surface area contributed by atoms with Crippen molar-refractivity contribution < 1.29 is 14.6 Å². The highest BCUT2D eigenvalue weighted by Crippen LogP contribution is 2.45. The monoisotopic (exact) mass is 411 g/mol. The number of fused-ring (bicyclic) bond motifs is 1. The number of ether oxygens (including phenoxy) is 1. The fourth-order valence-electron chi connectivity index (χ4n) is 3.82. The molecule has 0 radical (unpaired) electrons. The first kappa shape index (κ1) is 19.3. The summed E-state index contributed by atoms with van der Waals surface area (Å²) in [6.07, 6.45) is 0. The molecular formula is C22H22ClN3O3. The van der Waals surface area contributed by atoms with Gasteiger partial charge >= 0.3 is 0 Å². The Hall–Kier alpha value is -2.99. The first-order valence-corrected chi connectivity index (χ1v) is 9.92. The number of H-pyrrole nitrogens is 1. The van der Waals surface area contributed by atoms with Gasteiger partial charge in [0.15, 0.2) is 11.5 Å². The summed E-state index contributed by atoms with van der Waals surface area (Å²) in [5.41, 5.74) is 3.74.